The van der Waals surface area contributed by atoms with E-state index in [2.05, 4.69) is 4.74 Å². The SMILES string of the molecule is COC(=O)c1cc2c(OC)cc(C=O)c(OC)c2o1. The van der Waals surface area contributed by atoms with E-state index in [0.717, 1.165) is 0 Å². The standard InChI is InChI=1S/C13H12O6/c1-16-9-4-7(6-14)11(17-2)12-8(9)5-10(19-12)13(15)18-3/h4-6H,1-3H3. The number of aldehydes is 1. The fraction of sp³-hybridized carbons (Fsp3) is 0.231. The third-order valence-electron chi connectivity index (χ3n) is 2.69. The summed E-state index contributed by atoms with van der Waals surface area (Å²) in [6.07, 6.45) is 0.626. The maximum absolute atomic E-state index is 11.5. The highest BCUT2D eigenvalue weighted by molar-refractivity contribution is 6.01. The Hall–Kier alpha value is -2.50. The second-order valence-electron chi connectivity index (χ2n) is 3.66. The number of furan rings is 1. The first-order chi connectivity index (χ1) is 9.15. The van der Waals surface area contributed by atoms with Gasteiger partial charge in [-0.15, -0.1) is 0 Å². The molecule has 2 rings (SSSR count). The maximum atomic E-state index is 11.5. The van der Waals surface area contributed by atoms with Crippen molar-refractivity contribution in [1.82, 2.24) is 0 Å². The summed E-state index contributed by atoms with van der Waals surface area (Å²) in [5, 5.41) is 0.533. The summed E-state index contributed by atoms with van der Waals surface area (Å²) in [6, 6.07) is 3.00. The lowest BCUT2D eigenvalue weighted by Gasteiger charge is -2.07. The van der Waals surface area contributed by atoms with Crippen molar-refractivity contribution in [3.05, 3.63) is 23.5 Å². The molecule has 0 saturated carbocycles. The van der Waals surface area contributed by atoms with Crippen molar-refractivity contribution in [3.8, 4) is 11.5 Å². The van der Waals surface area contributed by atoms with Crippen LogP contribution in [0.2, 0.25) is 0 Å². The molecule has 0 atom stereocenters. The molecule has 0 radical (unpaired) electrons. The smallest absolute Gasteiger partial charge is 0.373 e. The molecule has 1 aromatic heterocycles. The monoisotopic (exact) mass is 264 g/mol. The maximum Gasteiger partial charge on any atom is 0.373 e. The number of esters is 1. The molecule has 1 heterocycles. The van der Waals surface area contributed by atoms with Crippen LogP contribution in [0.25, 0.3) is 11.0 Å². The largest absolute Gasteiger partial charge is 0.496 e. The van der Waals surface area contributed by atoms with Crippen LogP contribution >= 0.6 is 0 Å². The molecule has 100 valence electrons. The van der Waals surface area contributed by atoms with E-state index < -0.39 is 5.97 Å². The van der Waals surface area contributed by atoms with Crippen LogP contribution < -0.4 is 9.47 Å². The highest BCUT2D eigenvalue weighted by Gasteiger charge is 2.21. The number of ether oxygens (including phenoxy) is 3. The first-order valence-electron chi connectivity index (χ1n) is 5.38. The van der Waals surface area contributed by atoms with E-state index in [-0.39, 0.29) is 22.7 Å². The number of carbonyl (C=O) groups excluding carboxylic acids is 2. The molecule has 0 N–H and O–H groups in total. The van der Waals surface area contributed by atoms with Crippen molar-refractivity contribution in [2.24, 2.45) is 0 Å². The minimum absolute atomic E-state index is 0.0112. The zero-order valence-corrected chi connectivity index (χ0v) is 10.7. The molecule has 0 bridgehead atoms. The molecule has 0 aliphatic carbocycles. The van der Waals surface area contributed by atoms with Gasteiger partial charge in [0, 0.05) is 6.07 Å². The zero-order chi connectivity index (χ0) is 14.0. The molecule has 1 aromatic carbocycles. The van der Waals surface area contributed by atoms with Gasteiger partial charge in [0.1, 0.15) is 5.75 Å². The summed E-state index contributed by atoms with van der Waals surface area (Å²) in [7, 11) is 4.12. The van der Waals surface area contributed by atoms with Crippen LogP contribution in [-0.2, 0) is 4.74 Å². The van der Waals surface area contributed by atoms with Gasteiger partial charge >= 0.3 is 5.97 Å². The van der Waals surface area contributed by atoms with E-state index in [1.165, 1.54) is 33.5 Å². The Balaban J connectivity index is 2.79. The number of hydrogen-bond donors (Lipinski definition) is 0. The predicted octanol–water partition coefficient (Wildman–Crippen LogP) is 2.05. The van der Waals surface area contributed by atoms with Crippen molar-refractivity contribution in [3.63, 3.8) is 0 Å². The molecular formula is C13H12O6. The Morgan fingerprint density at radius 1 is 1.21 bits per heavy atom. The summed E-state index contributed by atoms with van der Waals surface area (Å²) in [5.74, 6) is 0.0582. The Kier molecular flexibility index (Phi) is 3.41. The van der Waals surface area contributed by atoms with Crippen molar-refractivity contribution in [1.29, 1.82) is 0 Å². The fourth-order valence-electron chi connectivity index (χ4n) is 1.83. The molecule has 2 aromatic rings. The summed E-state index contributed by atoms with van der Waals surface area (Å²) < 4.78 is 20.3. The molecule has 19 heavy (non-hydrogen) atoms. The Morgan fingerprint density at radius 2 is 1.95 bits per heavy atom. The normalized spacial score (nSPS) is 10.3. The van der Waals surface area contributed by atoms with Gasteiger partial charge in [0.15, 0.2) is 17.6 Å². The number of carbonyl (C=O) groups is 2. The third kappa shape index (κ3) is 2.01. The molecule has 0 amide bonds. The molecule has 0 aliphatic heterocycles. The first kappa shape index (κ1) is 12.9. The number of fused-ring (bicyclic) bond motifs is 1. The molecule has 0 saturated heterocycles. The summed E-state index contributed by atoms with van der Waals surface area (Å²) in [5.41, 5.74) is 0.543. The van der Waals surface area contributed by atoms with E-state index in [0.29, 0.717) is 17.4 Å². The number of rotatable bonds is 4. The van der Waals surface area contributed by atoms with Crippen molar-refractivity contribution < 1.29 is 28.2 Å². The minimum atomic E-state index is -0.618. The molecule has 6 heteroatoms. The van der Waals surface area contributed by atoms with Gasteiger partial charge in [-0.25, -0.2) is 4.79 Å². The molecule has 0 aliphatic rings. The number of hydrogen-bond acceptors (Lipinski definition) is 6. The van der Waals surface area contributed by atoms with Crippen molar-refractivity contribution >= 4 is 23.2 Å². The molecule has 6 nitrogen and oxygen atoms in total. The van der Waals surface area contributed by atoms with Gasteiger partial charge in [-0.3, -0.25) is 4.79 Å². The van der Waals surface area contributed by atoms with E-state index in [9.17, 15) is 9.59 Å². The zero-order valence-electron chi connectivity index (χ0n) is 10.7. The average molecular weight is 264 g/mol. The van der Waals surface area contributed by atoms with Crippen molar-refractivity contribution in [2.45, 2.75) is 0 Å². The highest BCUT2D eigenvalue weighted by atomic mass is 16.5. The Bertz CT molecular complexity index is 640. The lowest BCUT2D eigenvalue weighted by atomic mass is 10.1. The number of benzene rings is 1. The summed E-state index contributed by atoms with van der Waals surface area (Å²) in [6.45, 7) is 0. The van der Waals surface area contributed by atoms with Crippen LogP contribution in [0.5, 0.6) is 11.5 Å². The van der Waals surface area contributed by atoms with Gasteiger partial charge in [-0.2, -0.15) is 0 Å². The van der Waals surface area contributed by atoms with Crippen LogP contribution in [-0.4, -0.2) is 33.6 Å². The van der Waals surface area contributed by atoms with Gasteiger partial charge in [-0.05, 0) is 6.07 Å². The second-order valence-corrected chi connectivity index (χ2v) is 3.66. The lowest BCUT2D eigenvalue weighted by molar-refractivity contribution is 0.0567. The molecular weight excluding hydrogens is 252 g/mol. The van der Waals surface area contributed by atoms with Crippen LogP contribution in [0.15, 0.2) is 16.5 Å². The Morgan fingerprint density at radius 3 is 2.47 bits per heavy atom. The quantitative estimate of drug-likeness (QED) is 0.621. The second kappa shape index (κ2) is 5.01. The fourth-order valence-corrected chi connectivity index (χ4v) is 1.83. The van der Waals surface area contributed by atoms with E-state index in [4.69, 9.17) is 13.9 Å². The van der Waals surface area contributed by atoms with Crippen molar-refractivity contribution in [2.75, 3.05) is 21.3 Å². The molecule has 0 fully saturated rings. The summed E-state index contributed by atoms with van der Waals surface area (Å²) >= 11 is 0. The minimum Gasteiger partial charge on any atom is -0.496 e. The van der Waals surface area contributed by atoms with Crippen LogP contribution in [0, 0.1) is 0 Å². The number of methoxy groups -OCH3 is 3. The Labute approximate surface area is 108 Å². The first-order valence-corrected chi connectivity index (χ1v) is 5.38. The van der Waals surface area contributed by atoms with Gasteiger partial charge in [0.2, 0.25) is 5.76 Å². The van der Waals surface area contributed by atoms with Crippen LogP contribution in [0.3, 0.4) is 0 Å². The van der Waals surface area contributed by atoms with E-state index >= 15 is 0 Å². The average Bonchev–Trinajstić information content (AvgIpc) is 2.89. The van der Waals surface area contributed by atoms with Gasteiger partial charge in [-0.1, -0.05) is 0 Å². The van der Waals surface area contributed by atoms with Crippen LogP contribution in [0.4, 0.5) is 0 Å². The van der Waals surface area contributed by atoms with Gasteiger partial charge in [0.05, 0.1) is 32.3 Å². The highest BCUT2D eigenvalue weighted by Crippen LogP contribution is 2.38. The molecule has 0 spiro atoms. The summed E-state index contributed by atoms with van der Waals surface area (Å²) in [4.78, 5) is 22.5. The topological polar surface area (TPSA) is 75.0 Å². The predicted molar refractivity (Wildman–Crippen MR) is 66.0 cm³/mol. The molecule has 0 unspecified atom stereocenters. The third-order valence-corrected chi connectivity index (χ3v) is 2.69. The van der Waals surface area contributed by atoms with E-state index in [1.807, 2.05) is 0 Å². The van der Waals surface area contributed by atoms with E-state index in [1.54, 1.807) is 0 Å². The van der Waals surface area contributed by atoms with Gasteiger partial charge in [0.25, 0.3) is 0 Å². The van der Waals surface area contributed by atoms with Crippen LogP contribution in [0.1, 0.15) is 20.9 Å². The lowest BCUT2D eigenvalue weighted by Crippen LogP contribution is -1.98. The van der Waals surface area contributed by atoms with Gasteiger partial charge < -0.3 is 18.6 Å².